The Balaban J connectivity index is 1.95. The number of alkyl halides is 3. The summed E-state index contributed by atoms with van der Waals surface area (Å²) in [6.45, 7) is 6.52. The van der Waals surface area contributed by atoms with Crippen molar-refractivity contribution >= 4 is 11.8 Å². The summed E-state index contributed by atoms with van der Waals surface area (Å²) in [4.78, 5) is 25.0. The first-order chi connectivity index (χ1) is 10.6. The fourth-order valence-electron chi connectivity index (χ4n) is 2.68. The lowest BCUT2D eigenvalue weighted by atomic mass is 9.81. The van der Waals surface area contributed by atoms with Gasteiger partial charge in [0.1, 0.15) is 11.4 Å². The van der Waals surface area contributed by atoms with Crippen LogP contribution in [-0.2, 0) is 18.0 Å². The normalized spacial score (nSPS) is 16.7. The number of nitrogens with zero attached hydrogens (tertiary/aromatic N) is 2. The molecule has 0 atom stereocenters. The molecule has 5 nitrogen and oxygen atoms in total. The highest BCUT2D eigenvalue weighted by atomic mass is 19.4. The van der Waals surface area contributed by atoms with Crippen LogP contribution in [0.1, 0.15) is 23.1 Å². The number of aromatic nitrogens is 1. The lowest BCUT2D eigenvalue weighted by Crippen LogP contribution is -2.60. The average molecular weight is 329 g/mol. The molecule has 1 saturated heterocycles. The van der Waals surface area contributed by atoms with Crippen LogP contribution in [0.15, 0.2) is 24.8 Å². The molecule has 2 rings (SSSR count). The van der Waals surface area contributed by atoms with Crippen LogP contribution in [-0.4, -0.2) is 40.9 Å². The number of halogens is 3. The van der Waals surface area contributed by atoms with E-state index in [9.17, 15) is 22.8 Å². The van der Waals surface area contributed by atoms with Gasteiger partial charge in [-0.2, -0.15) is 13.2 Å². The van der Waals surface area contributed by atoms with Gasteiger partial charge in [0, 0.05) is 32.1 Å². The van der Waals surface area contributed by atoms with Crippen LogP contribution in [0.4, 0.5) is 13.2 Å². The maximum Gasteiger partial charge on any atom is 0.431 e. The Morgan fingerprint density at radius 2 is 2.00 bits per heavy atom. The van der Waals surface area contributed by atoms with Gasteiger partial charge in [-0.3, -0.25) is 9.59 Å². The number of likely N-dealkylation sites (tertiary alicyclic amines) is 1. The molecule has 0 saturated carbocycles. The molecule has 2 heterocycles. The van der Waals surface area contributed by atoms with Gasteiger partial charge in [0.25, 0.3) is 5.91 Å². The predicted molar refractivity (Wildman–Crippen MR) is 77.6 cm³/mol. The van der Waals surface area contributed by atoms with Crippen molar-refractivity contribution in [3.05, 3.63) is 36.2 Å². The standard InChI is InChI=1S/C15H18F3N3O2/c1-4-12(22)21-8-14(2,9-21)7-19-13(23)10-5-6-11(20(10)3)15(16,17)18/h4-6H,1,7-9H2,2-3H3,(H,19,23). The van der Waals surface area contributed by atoms with Gasteiger partial charge in [0.05, 0.1) is 0 Å². The first-order valence-corrected chi connectivity index (χ1v) is 7.00. The second kappa shape index (κ2) is 5.75. The topological polar surface area (TPSA) is 54.3 Å². The zero-order valence-electron chi connectivity index (χ0n) is 12.9. The van der Waals surface area contributed by atoms with Crippen LogP contribution in [0, 0.1) is 5.41 Å². The molecule has 0 unspecified atom stereocenters. The Bertz CT molecular complexity index is 643. The summed E-state index contributed by atoms with van der Waals surface area (Å²) in [5.41, 5.74) is -1.22. The molecule has 0 aromatic carbocycles. The highest BCUT2D eigenvalue weighted by Crippen LogP contribution is 2.31. The molecule has 1 fully saturated rings. The van der Waals surface area contributed by atoms with Crippen LogP contribution in [0.3, 0.4) is 0 Å². The summed E-state index contributed by atoms with van der Waals surface area (Å²) in [5, 5.41) is 2.63. The lowest BCUT2D eigenvalue weighted by Gasteiger charge is -2.47. The highest BCUT2D eigenvalue weighted by molar-refractivity contribution is 5.93. The number of carbonyl (C=O) groups is 2. The Labute approximate surface area is 131 Å². The summed E-state index contributed by atoms with van der Waals surface area (Å²) in [6, 6.07) is 2.03. The van der Waals surface area contributed by atoms with Crippen molar-refractivity contribution in [1.29, 1.82) is 0 Å². The third kappa shape index (κ3) is 3.40. The second-order valence-electron chi connectivity index (χ2n) is 6.05. The fourth-order valence-corrected chi connectivity index (χ4v) is 2.68. The van der Waals surface area contributed by atoms with E-state index in [0.717, 1.165) is 16.7 Å². The quantitative estimate of drug-likeness (QED) is 0.857. The van der Waals surface area contributed by atoms with Crippen LogP contribution in [0.2, 0.25) is 0 Å². The smallest absolute Gasteiger partial charge is 0.350 e. The Morgan fingerprint density at radius 3 is 2.48 bits per heavy atom. The van der Waals surface area contributed by atoms with E-state index in [1.165, 1.54) is 13.1 Å². The van der Waals surface area contributed by atoms with Gasteiger partial charge >= 0.3 is 6.18 Å². The summed E-state index contributed by atoms with van der Waals surface area (Å²) in [5.74, 6) is -0.747. The van der Waals surface area contributed by atoms with Crippen molar-refractivity contribution < 1.29 is 22.8 Å². The highest BCUT2D eigenvalue weighted by Gasteiger charge is 2.41. The minimum atomic E-state index is -4.50. The summed E-state index contributed by atoms with van der Waals surface area (Å²) >= 11 is 0. The van der Waals surface area contributed by atoms with E-state index < -0.39 is 17.8 Å². The monoisotopic (exact) mass is 329 g/mol. The van der Waals surface area contributed by atoms with Gasteiger partial charge in [-0.15, -0.1) is 0 Å². The maximum atomic E-state index is 12.7. The van der Waals surface area contributed by atoms with Crippen LogP contribution in [0.25, 0.3) is 0 Å². The number of nitrogens with one attached hydrogen (secondary N) is 1. The summed E-state index contributed by atoms with van der Waals surface area (Å²) < 4.78 is 39.0. The maximum absolute atomic E-state index is 12.7. The molecule has 126 valence electrons. The van der Waals surface area contributed by atoms with E-state index in [4.69, 9.17) is 0 Å². The molecule has 0 radical (unpaired) electrons. The fraction of sp³-hybridized carbons (Fsp3) is 0.467. The SMILES string of the molecule is C=CC(=O)N1CC(C)(CNC(=O)c2ccc(C(F)(F)F)n2C)C1. The minimum Gasteiger partial charge on any atom is -0.350 e. The van der Waals surface area contributed by atoms with Crippen molar-refractivity contribution in [2.75, 3.05) is 19.6 Å². The number of carbonyl (C=O) groups excluding carboxylic acids is 2. The third-order valence-corrected chi connectivity index (χ3v) is 3.95. The van der Waals surface area contributed by atoms with E-state index in [1.807, 2.05) is 6.92 Å². The molecule has 0 aliphatic carbocycles. The van der Waals surface area contributed by atoms with Crippen molar-refractivity contribution in [3.8, 4) is 0 Å². The van der Waals surface area contributed by atoms with E-state index in [2.05, 4.69) is 11.9 Å². The largest absolute Gasteiger partial charge is 0.431 e. The molecule has 0 spiro atoms. The van der Waals surface area contributed by atoms with Crippen LogP contribution < -0.4 is 5.32 Å². The van der Waals surface area contributed by atoms with Crippen LogP contribution >= 0.6 is 0 Å². The molecule has 1 N–H and O–H groups in total. The van der Waals surface area contributed by atoms with Gasteiger partial charge in [0.15, 0.2) is 0 Å². The first-order valence-electron chi connectivity index (χ1n) is 7.00. The van der Waals surface area contributed by atoms with Gasteiger partial charge in [-0.1, -0.05) is 13.5 Å². The molecule has 23 heavy (non-hydrogen) atoms. The zero-order valence-corrected chi connectivity index (χ0v) is 12.9. The number of hydrogen-bond acceptors (Lipinski definition) is 2. The molecule has 1 aromatic heterocycles. The lowest BCUT2D eigenvalue weighted by molar-refractivity contribution is -0.143. The Kier molecular flexibility index (Phi) is 4.28. The third-order valence-electron chi connectivity index (χ3n) is 3.95. The number of rotatable bonds is 4. The summed E-state index contributed by atoms with van der Waals surface area (Å²) in [7, 11) is 1.20. The Morgan fingerprint density at radius 1 is 1.39 bits per heavy atom. The number of hydrogen-bond donors (Lipinski definition) is 1. The molecule has 1 aromatic rings. The second-order valence-corrected chi connectivity index (χ2v) is 6.05. The van der Waals surface area contributed by atoms with Gasteiger partial charge < -0.3 is 14.8 Å². The predicted octanol–water partition coefficient (Wildman–Crippen LogP) is 1.81. The molecule has 8 heteroatoms. The van der Waals surface area contributed by atoms with Crippen molar-refractivity contribution in [2.45, 2.75) is 13.1 Å². The molecular formula is C15H18F3N3O2. The van der Waals surface area contributed by atoms with Crippen LogP contribution in [0.5, 0.6) is 0 Å². The van der Waals surface area contributed by atoms with Crippen molar-refractivity contribution in [3.63, 3.8) is 0 Å². The van der Waals surface area contributed by atoms with Crippen molar-refractivity contribution in [2.24, 2.45) is 12.5 Å². The van der Waals surface area contributed by atoms with Gasteiger partial charge in [-0.05, 0) is 18.2 Å². The minimum absolute atomic E-state index is 0.0562. The number of amides is 2. The van der Waals surface area contributed by atoms with E-state index in [-0.39, 0.29) is 23.6 Å². The van der Waals surface area contributed by atoms with E-state index >= 15 is 0 Å². The summed E-state index contributed by atoms with van der Waals surface area (Å²) in [6.07, 6.45) is -3.28. The van der Waals surface area contributed by atoms with E-state index in [1.54, 1.807) is 4.90 Å². The molecular weight excluding hydrogens is 311 g/mol. The molecule has 1 aliphatic heterocycles. The van der Waals surface area contributed by atoms with Gasteiger partial charge in [0.2, 0.25) is 5.91 Å². The zero-order chi connectivity index (χ0) is 17.4. The van der Waals surface area contributed by atoms with Gasteiger partial charge in [-0.25, -0.2) is 0 Å². The average Bonchev–Trinajstić information content (AvgIpc) is 2.82. The Hall–Kier alpha value is -2.25. The van der Waals surface area contributed by atoms with Crippen molar-refractivity contribution in [1.82, 2.24) is 14.8 Å². The van der Waals surface area contributed by atoms with E-state index in [0.29, 0.717) is 13.1 Å². The molecule has 2 amide bonds. The first kappa shape index (κ1) is 17.1. The molecule has 0 bridgehead atoms. The molecule has 1 aliphatic rings.